The number of hydrogen-bond acceptors (Lipinski definition) is 7. The second-order valence-corrected chi connectivity index (χ2v) is 18.3. The maximum Gasteiger partial charge on any atom is 0.282 e. The lowest BCUT2D eigenvalue weighted by Gasteiger charge is -2.39. The summed E-state index contributed by atoms with van der Waals surface area (Å²) in [7, 11) is 0. The average Bonchev–Trinajstić information content (AvgIpc) is 3.42. The molecule has 9 rings (SSSR count). The molecule has 0 bridgehead atoms. The number of nitrogens with zero attached hydrogens (tertiary/aromatic N) is 4. The van der Waals surface area contributed by atoms with Gasteiger partial charge >= 0.3 is 0 Å². The van der Waals surface area contributed by atoms with Gasteiger partial charge in [0, 0.05) is 25.2 Å². The van der Waals surface area contributed by atoms with Gasteiger partial charge in [-0.2, -0.15) is 4.98 Å². The average molecular weight is 775 g/mol. The van der Waals surface area contributed by atoms with Crippen LogP contribution in [-0.4, -0.2) is 76.5 Å². The number of carbonyl (C=O) groups excluding carboxylic acids is 2. The van der Waals surface area contributed by atoms with E-state index in [4.69, 9.17) is 11.6 Å². The zero-order chi connectivity index (χ0) is 38.6. The first-order valence-electron chi connectivity index (χ1n) is 21.1. The first-order chi connectivity index (χ1) is 27.1. The second-order valence-electron chi connectivity index (χ2n) is 17.9. The minimum Gasteiger partial charge on any atom is -0.374 e. The molecule has 5 heterocycles. The number of nitrogens with one attached hydrogen (secondary N) is 2. The highest BCUT2D eigenvalue weighted by atomic mass is 35.5. The molecule has 1 atom stereocenters. The van der Waals surface area contributed by atoms with Crippen LogP contribution < -0.4 is 16.2 Å². The Morgan fingerprint density at radius 3 is 2.00 bits per heavy atom. The first-order valence-corrected chi connectivity index (χ1v) is 21.5. The van der Waals surface area contributed by atoms with Crippen molar-refractivity contribution in [1.82, 2.24) is 24.7 Å². The maximum atomic E-state index is 13.1. The minimum atomic E-state index is -0.370. The van der Waals surface area contributed by atoms with Crippen molar-refractivity contribution in [2.45, 2.75) is 101 Å². The Morgan fingerprint density at radius 1 is 0.768 bits per heavy atom. The van der Waals surface area contributed by atoms with Gasteiger partial charge in [-0.25, -0.2) is 0 Å². The number of rotatable bonds is 8. The summed E-state index contributed by atoms with van der Waals surface area (Å²) in [5.41, 5.74) is 6.30. The van der Waals surface area contributed by atoms with Gasteiger partial charge in [0.1, 0.15) is 11.9 Å². The molecular formula is C46H55ClN6O3. The number of carbonyl (C=O) groups is 2. The Kier molecular flexibility index (Phi) is 10.3. The Morgan fingerprint density at radius 2 is 1.38 bits per heavy atom. The Bertz CT molecular complexity index is 2180. The summed E-state index contributed by atoms with van der Waals surface area (Å²) in [6.07, 6.45) is 11.1. The smallest absolute Gasteiger partial charge is 0.282 e. The van der Waals surface area contributed by atoms with Crippen molar-refractivity contribution in [3.05, 3.63) is 98.6 Å². The lowest BCUT2D eigenvalue weighted by Crippen LogP contribution is -2.47. The van der Waals surface area contributed by atoms with Gasteiger partial charge in [-0.05, 0) is 169 Å². The lowest BCUT2D eigenvalue weighted by atomic mass is 9.80. The third kappa shape index (κ3) is 7.31. The molecule has 1 unspecified atom stereocenters. The van der Waals surface area contributed by atoms with Crippen LogP contribution in [-0.2, 0) is 15.0 Å². The standard InChI is InChI=1S/C46H55ClN6O3/c1-46(2)36-26-34(12-16-39(36)53-40-5-3-4-37(47)42(40)44(56)50-45(46)53)33-20-24-52(25-21-33)28-30-8-6-29(7-9-30)27-51-22-18-32(19-23-51)31-10-13-35(14-11-31)48-38-15-17-41(54)49-43(38)55/h3-5,10-14,16,26,29-30,32-33,38,48H,6-9,15,17-25,27-28H2,1-2H3,(H,49,54,55). The molecule has 3 aromatic carbocycles. The fourth-order valence-corrected chi connectivity index (χ4v) is 10.9. The summed E-state index contributed by atoms with van der Waals surface area (Å²) >= 11 is 6.48. The van der Waals surface area contributed by atoms with E-state index in [2.05, 4.69) is 86.3 Å². The molecule has 294 valence electrons. The van der Waals surface area contributed by atoms with Gasteiger partial charge in [0.2, 0.25) is 11.8 Å². The molecule has 2 N–H and O–H groups in total. The first kappa shape index (κ1) is 37.5. The molecule has 4 aromatic rings. The number of benzene rings is 3. The number of hydrogen-bond donors (Lipinski definition) is 2. The second kappa shape index (κ2) is 15.4. The van der Waals surface area contributed by atoms with E-state index in [1.54, 1.807) is 6.07 Å². The quantitative estimate of drug-likeness (QED) is 0.177. The van der Waals surface area contributed by atoms with E-state index in [1.165, 1.54) is 94.2 Å². The summed E-state index contributed by atoms with van der Waals surface area (Å²) in [6.45, 7) is 11.5. The molecule has 1 saturated carbocycles. The van der Waals surface area contributed by atoms with Crippen molar-refractivity contribution in [2.75, 3.05) is 44.6 Å². The van der Waals surface area contributed by atoms with Gasteiger partial charge < -0.3 is 15.1 Å². The van der Waals surface area contributed by atoms with Crippen LogP contribution in [0.5, 0.6) is 0 Å². The van der Waals surface area contributed by atoms with Crippen LogP contribution >= 0.6 is 11.6 Å². The van der Waals surface area contributed by atoms with E-state index >= 15 is 0 Å². The summed E-state index contributed by atoms with van der Waals surface area (Å²) in [6, 6.07) is 20.9. The van der Waals surface area contributed by atoms with E-state index in [9.17, 15) is 14.4 Å². The van der Waals surface area contributed by atoms with Crippen LogP contribution in [0, 0.1) is 11.8 Å². The summed E-state index contributed by atoms with van der Waals surface area (Å²) in [5, 5.41) is 6.67. The van der Waals surface area contributed by atoms with Gasteiger partial charge in [0.05, 0.1) is 27.0 Å². The fourth-order valence-electron chi connectivity index (χ4n) is 10.6. The number of piperidine rings is 3. The molecule has 0 radical (unpaired) electrons. The van der Waals surface area contributed by atoms with Crippen molar-refractivity contribution < 1.29 is 9.59 Å². The third-order valence-corrected chi connectivity index (χ3v) is 14.3. The highest BCUT2D eigenvalue weighted by molar-refractivity contribution is 6.35. The van der Waals surface area contributed by atoms with E-state index in [1.807, 2.05) is 12.1 Å². The SMILES string of the molecule is CC1(C)c2cc(C3CCN(CC4CCC(CN5CCC(c6ccc(NC7CCC(=O)NC7=O)cc6)CC5)CC4)CC3)ccc2-n2c1nc(=O)c1c(Cl)cccc12. The number of likely N-dealkylation sites (tertiary alicyclic amines) is 2. The number of halogens is 1. The van der Waals surface area contributed by atoms with Gasteiger partial charge in [-0.15, -0.1) is 0 Å². The molecule has 1 aromatic heterocycles. The van der Waals surface area contributed by atoms with Crippen LogP contribution in [0.15, 0.2) is 65.5 Å². The summed E-state index contributed by atoms with van der Waals surface area (Å²) in [4.78, 5) is 46.7. The molecule has 2 amide bonds. The topological polar surface area (TPSA) is 99.6 Å². The van der Waals surface area contributed by atoms with Crippen molar-refractivity contribution >= 4 is 40.0 Å². The Balaban J connectivity index is 0.719. The van der Waals surface area contributed by atoms with Gasteiger partial charge in [0.25, 0.3) is 5.56 Å². The molecule has 9 nitrogen and oxygen atoms in total. The Hall–Kier alpha value is -4.05. The monoisotopic (exact) mass is 774 g/mol. The molecular weight excluding hydrogens is 720 g/mol. The van der Waals surface area contributed by atoms with E-state index in [0.29, 0.717) is 35.1 Å². The zero-order valence-electron chi connectivity index (χ0n) is 32.9. The van der Waals surface area contributed by atoms with Crippen LogP contribution in [0.4, 0.5) is 5.69 Å². The van der Waals surface area contributed by atoms with Crippen LogP contribution in [0.3, 0.4) is 0 Å². The molecule has 5 aliphatic rings. The fraction of sp³-hybridized carbons (Fsp3) is 0.522. The number of anilines is 1. The van der Waals surface area contributed by atoms with E-state index in [0.717, 1.165) is 47.6 Å². The molecule has 4 aliphatic heterocycles. The highest BCUT2D eigenvalue weighted by Crippen LogP contribution is 2.45. The van der Waals surface area contributed by atoms with Crippen molar-refractivity contribution in [3.63, 3.8) is 0 Å². The van der Waals surface area contributed by atoms with Crippen molar-refractivity contribution in [3.8, 4) is 5.69 Å². The zero-order valence-corrected chi connectivity index (χ0v) is 33.6. The van der Waals surface area contributed by atoms with E-state index < -0.39 is 0 Å². The van der Waals surface area contributed by atoms with Crippen LogP contribution in [0.25, 0.3) is 16.6 Å². The minimum absolute atomic E-state index is 0.184. The van der Waals surface area contributed by atoms with Crippen LogP contribution in [0.2, 0.25) is 5.02 Å². The van der Waals surface area contributed by atoms with Crippen molar-refractivity contribution in [2.24, 2.45) is 11.8 Å². The molecule has 10 heteroatoms. The number of fused-ring (bicyclic) bond motifs is 5. The predicted molar refractivity (Wildman–Crippen MR) is 223 cm³/mol. The summed E-state index contributed by atoms with van der Waals surface area (Å²) in [5.74, 6) is 3.17. The number of amides is 2. The summed E-state index contributed by atoms with van der Waals surface area (Å²) < 4.78 is 2.15. The molecule has 3 saturated heterocycles. The highest BCUT2D eigenvalue weighted by Gasteiger charge is 2.39. The van der Waals surface area contributed by atoms with Gasteiger partial charge in [-0.3, -0.25) is 24.3 Å². The normalized spacial score (nSPS) is 24.9. The number of imide groups is 1. The van der Waals surface area contributed by atoms with Crippen molar-refractivity contribution in [1.29, 1.82) is 0 Å². The predicted octanol–water partition coefficient (Wildman–Crippen LogP) is 7.76. The van der Waals surface area contributed by atoms with E-state index in [-0.39, 0.29) is 28.8 Å². The maximum absolute atomic E-state index is 13.1. The van der Waals surface area contributed by atoms with Gasteiger partial charge in [0.15, 0.2) is 0 Å². The molecule has 0 spiro atoms. The molecule has 56 heavy (non-hydrogen) atoms. The Labute approximate surface area is 335 Å². The largest absolute Gasteiger partial charge is 0.374 e. The lowest BCUT2D eigenvalue weighted by molar-refractivity contribution is -0.133. The van der Waals surface area contributed by atoms with Gasteiger partial charge in [-0.1, -0.05) is 41.9 Å². The third-order valence-electron chi connectivity index (χ3n) is 14.0. The molecule has 1 aliphatic carbocycles. The molecule has 4 fully saturated rings. The number of aromatic nitrogens is 2. The van der Waals surface area contributed by atoms with Crippen LogP contribution in [0.1, 0.15) is 112 Å².